The Morgan fingerprint density at radius 2 is 1.30 bits per heavy atom. The van der Waals surface area contributed by atoms with Crippen LogP contribution in [0.3, 0.4) is 0 Å². The fourth-order valence-corrected chi connectivity index (χ4v) is 4.14. The second-order valence-electron chi connectivity index (χ2n) is 6.27. The molecule has 158 valence electrons. The zero-order chi connectivity index (χ0) is 21.7. The molecule has 0 N–H and O–H groups in total. The van der Waals surface area contributed by atoms with E-state index >= 15 is 0 Å². The van der Waals surface area contributed by atoms with E-state index in [1.54, 1.807) is 24.6 Å². The number of hydrogen-bond donors (Lipinski definition) is 0. The van der Waals surface area contributed by atoms with Crippen LogP contribution in [0.2, 0.25) is 0 Å². The molecule has 3 aromatic heterocycles. The second kappa shape index (κ2) is 9.63. The number of hydrogen-bond acceptors (Lipinski definition) is 9. The lowest BCUT2D eigenvalue weighted by molar-refractivity contribution is 0.0474. The normalized spacial score (nSPS) is 10.7. The molecule has 0 saturated carbocycles. The van der Waals surface area contributed by atoms with E-state index in [0.717, 1.165) is 34.1 Å². The van der Waals surface area contributed by atoms with Gasteiger partial charge in [0.25, 0.3) is 0 Å². The third kappa shape index (κ3) is 5.10. The highest BCUT2D eigenvalue weighted by Gasteiger charge is 2.15. The average molecular weight is 450 g/mol. The molecule has 0 aliphatic rings. The maximum atomic E-state index is 12.2. The van der Waals surface area contributed by atoms with E-state index in [-0.39, 0.29) is 47.4 Å². The van der Waals surface area contributed by atoms with Gasteiger partial charge in [-0.2, -0.15) is 0 Å². The minimum atomic E-state index is -0.703. The number of carbonyl (C=O) groups is 2. The number of carbonyl (C=O) groups excluding carboxylic acids is 2. The topological polar surface area (TPSA) is 109 Å². The van der Waals surface area contributed by atoms with Crippen molar-refractivity contribution < 1.29 is 19.1 Å². The van der Waals surface area contributed by atoms with Crippen molar-refractivity contribution in [2.75, 3.05) is 13.2 Å². The van der Waals surface area contributed by atoms with Gasteiger partial charge in [-0.1, -0.05) is 28.7 Å². The smallest absolute Gasteiger partial charge is 0.357 e. The van der Waals surface area contributed by atoms with Crippen molar-refractivity contribution in [1.29, 1.82) is 0 Å². The lowest BCUT2D eigenvalue weighted by Gasteiger charge is -2.08. The van der Waals surface area contributed by atoms with Crippen LogP contribution < -0.4 is 9.75 Å². The minimum absolute atomic E-state index is 0.00140. The molecule has 9 nitrogen and oxygen atoms in total. The van der Waals surface area contributed by atoms with E-state index in [0.29, 0.717) is 0 Å². The molecule has 3 rings (SSSR count). The summed E-state index contributed by atoms with van der Waals surface area (Å²) in [6.45, 7) is 4.08. The molecule has 0 saturated heterocycles. The number of ether oxygens (including phenoxy) is 2. The van der Waals surface area contributed by atoms with Crippen LogP contribution in [-0.4, -0.2) is 39.3 Å². The third-order valence-electron chi connectivity index (χ3n) is 4.22. The first-order chi connectivity index (χ1) is 14.4. The molecule has 0 bridgehead atoms. The van der Waals surface area contributed by atoms with Gasteiger partial charge in [-0.25, -0.2) is 14.6 Å². The van der Waals surface area contributed by atoms with Crippen LogP contribution in [0.4, 0.5) is 0 Å². The third-order valence-corrected chi connectivity index (χ3v) is 5.98. The molecule has 0 unspecified atom stereocenters. The first-order valence-electron chi connectivity index (χ1n) is 8.98. The lowest BCUT2D eigenvalue weighted by Crippen LogP contribution is -2.21. The number of pyridine rings is 1. The Kier molecular flexibility index (Phi) is 6.95. The zero-order valence-corrected chi connectivity index (χ0v) is 18.0. The maximum Gasteiger partial charge on any atom is 0.357 e. The predicted octanol–water partition coefficient (Wildman–Crippen LogP) is 1.86. The van der Waals surface area contributed by atoms with E-state index in [2.05, 4.69) is 4.98 Å². The highest BCUT2D eigenvalue weighted by atomic mass is 32.1. The molecule has 0 amide bonds. The van der Waals surface area contributed by atoms with Crippen molar-refractivity contribution in [3.8, 4) is 0 Å². The largest absolute Gasteiger partial charge is 0.459 e. The summed E-state index contributed by atoms with van der Waals surface area (Å²) in [5, 5.41) is 3.47. The number of thiazole rings is 2. The van der Waals surface area contributed by atoms with E-state index in [9.17, 15) is 19.2 Å². The fourth-order valence-electron chi connectivity index (χ4n) is 2.62. The Hall–Kier alpha value is -3.05. The van der Waals surface area contributed by atoms with Gasteiger partial charge in [0.2, 0.25) is 0 Å². The Morgan fingerprint density at radius 1 is 0.867 bits per heavy atom. The molecule has 30 heavy (non-hydrogen) atoms. The number of rotatable bonds is 8. The van der Waals surface area contributed by atoms with Crippen LogP contribution in [0.15, 0.2) is 38.5 Å². The SMILES string of the molecule is Cc1csc(=O)n1CCOC(=O)c1cccc(C(=O)OCCn2c(C)csc2=O)n1. The van der Waals surface area contributed by atoms with Crippen molar-refractivity contribution in [2.24, 2.45) is 0 Å². The van der Waals surface area contributed by atoms with Gasteiger partial charge in [-0.05, 0) is 26.0 Å². The van der Waals surface area contributed by atoms with Crippen molar-refractivity contribution in [3.05, 3.63) is 71.1 Å². The lowest BCUT2D eigenvalue weighted by atomic mass is 10.3. The van der Waals surface area contributed by atoms with Crippen molar-refractivity contribution >= 4 is 34.6 Å². The van der Waals surface area contributed by atoms with Gasteiger partial charge >= 0.3 is 21.7 Å². The van der Waals surface area contributed by atoms with Crippen LogP contribution in [0.25, 0.3) is 0 Å². The van der Waals surface area contributed by atoms with Gasteiger partial charge in [-0.15, -0.1) is 0 Å². The number of nitrogens with zero attached hydrogens (tertiary/aromatic N) is 3. The summed E-state index contributed by atoms with van der Waals surface area (Å²) < 4.78 is 13.3. The summed E-state index contributed by atoms with van der Waals surface area (Å²) in [5.74, 6) is -1.41. The first kappa shape index (κ1) is 21.7. The fraction of sp³-hybridized carbons (Fsp3) is 0.316. The number of aromatic nitrogens is 3. The summed E-state index contributed by atoms with van der Waals surface area (Å²) in [5.41, 5.74) is 1.51. The molecule has 0 aliphatic heterocycles. The zero-order valence-electron chi connectivity index (χ0n) is 16.3. The molecular formula is C19H19N3O6S2. The molecule has 0 radical (unpaired) electrons. The van der Waals surface area contributed by atoms with Gasteiger partial charge in [0.1, 0.15) is 24.6 Å². The van der Waals surface area contributed by atoms with E-state index in [4.69, 9.17) is 9.47 Å². The highest BCUT2D eigenvalue weighted by Crippen LogP contribution is 2.06. The van der Waals surface area contributed by atoms with E-state index in [1.807, 2.05) is 0 Å². The molecular weight excluding hydrogens is 430 g/mol. The monoisotopic (exact) mass is 449 g/mol. The van der Waals surface area contributed by atoms with Crippen molar-refractivity contribution in [1.82, 2.24) is 14.1 Å². The molecule has 0 atom stereocenters. The summed E-state index contributed by atoms with van der Waals surface area (Å²) in [4.78, 5) is 51.5. The Bertz CT molecular complexity index is 1090. The van der Waals surface area contributed by atoms with Gasteiger partial charge in [0, 0.05) is 22.1 Å². The van der Waals surface area contributed by atoms with Gasteiger partial charge < -0.3 is 9.47 Å². The molecule has 0 spiro atoms. The van der Waals surface area contributed by atoms with Crippen molar-refractivity contribution in [2.45, 2.75) is 26.9 Å². The molecule has 3 heterocycles. The summed E-state index contributed by atoms with van der Waals surface area (Å²) in [7, 11) is 0. The van der Waals surface area contributed by atoms with Gasteiger partial charge in [0.05, 0.1) is 13.1 Å². The number of aryl methyl sites for hydroxylation is 2. The molecule has 3 aromatic rings. The second-order valence-corrected chi connectivity index (χ2v) is 7.91. The summed E-state index contributed by atoms with van der Waals surface area (Å²) >= 11 is 2.17. The van der Waals surface area contributed by atoms with E-state index < -0.39 is 11.9 Å². The number of esters is 2. The average Bonchev–Trinajstić information content (AvgIpc) is 3.23. The quantitative estimate of drug-likeness (QED) is 0.483. The Balaban J connectivity index is 1.54. The maximum absolute atomic E-state index is 12.2. The van der Waals surface area contributed by atoms with Crippen LogP contribution in [0, 0.1) is 13.8 Å². The van der Waals surface area contributed by atoms with Crippen LogP contribution in [0.1, 0.15) is 32.4 Å². The van der Waals surface area contributed by atoms with Gasteiger partial charge in [-0.3, -0.25) is 18.7 Å². The summed E-state index contributed by atoms with van der Waals surface area (Å²) in [6.07, 6.45) is 0. The van der Waals surface area contributed by atoms with Crippen molar-refractivity contribution in [3.63, 3.8) is 0 Å². The molecule has 11 heteroatoms. The van der Waals surface area contributed by atoms with Gasteiger partial charge in [0.15, 0.2) is 0 Å². The van der Waals surface area contributed by atoms with Crippen LogP contribution in [0.5, 0.6) is 0 Å². The Labute approximate surface area is 179 Å². The molecule has 0 fully saturated rings. The Morgan fingerprint density at radius 3 is 1.67 bits per heavy atom. The van der Waals surface area contributed by atoms with Crippen LogP contribution >= 0.6 is 22.7 Å². The van der Waals surface area contributed by atoms with E-state index in [1.165, 1.54) is 27.3 Å². The highest BCUT2D eigenvalue weighted by molar-refractivity contribution is 7.07. The minimum Gasteiger partial charge on any atom is -0.459 e. The first-order valence-corrected chi connectivity index (χ1v) is 10.7. The van der Waals surface area contributed by atoms with Crippen LogP contribution in [-0.2, 0) is 22.6 Å². The molecule has 0 aliphatic carbocycles. The standard InChI is InChI=1S/C19H19N3O6S2/c1-12-10-29-18(25)21(12)6-8-27-16(23)14-4-3-5-15(20-14)17(24)28-9-7-22-13(2)11-30-19(22)26/h3-5,10-11H,6-9H2,1-2H3. The summed E-state index contributed by atoms with van der Waals surface area (Å²) in [6, 6.07) is 4.35. The predicted molar refractivity (Wildman–Crippen MR) is 111 cm³/mol. The molecule has 0 aromatic carbocycles.